The molecule has 0 N–H and O–H groups in total. The molecule has 6 nitrogen and oxygen atoms in total. The average Bonchev–Trinajstić information content (AvgIpc) is 2.49. The van der Waals surface area contributed by atoms with Crippen LogP contribution >= 0.6 is 7.37 Å². The number of hydrogen-bond acceptors (Lipinski definition) is 4. The van der Waals surface area contributed by atoms with Gasteiger partial charge in [0.25, 0.3) is 0 Å². The number of esters is 1. The minimum atomic E-state index is -3.79. The summed E-state index contributed by atoms with van der Waals surface area (Å²) in [5.74, 6) is -0.976. The zero-order valence-electron chi connectivity index (χ0n) is 11.9. The Balaban J connectivity index is 3.16. The van der Waals surface area contributed by atoms with Crippen LogP contribution in [0.25, 0.3) is 5.53 Å². The van der Waals surface area contributed by atoms with Gasteiger partial charge in [0.15, 0.2) is 0 Å². The highest BCUT2D eigenvalue weighted by Crippen LogP contribution is 2.46. The number of rotatable bonds is 7. The summed E-state index contributed by atoms with van der Waals surface area (Å²) in [6, 6.07) is 8.13. The number of hydrogen-bond donors (Lipinski definition) is 0. The number of allylic oxidation sites excluding steroid dienone is 1. The van der Waals surface area contributed by atoms with Gasteiger partial charge in [0, 0.05) is 5.30 Å². The van der Waals surface area contributed by atoms with E-state index in [0.29, 0.717) is 0 Å². The molecule has 1 rings (SSSR count). The highest BCUT2D eigenvalue weighted by Gasteiger charge is 2.46. The van der Waals surface area contributed by atoms with Gasteiger partial charge < -0.3 is 14.8 Å². The SMILES string of the molecule is C/C=C/COC(=O)C(=[N+]=[N-])P(=O)(OCC)c1ccccc1. The third-order valence-corrected chi connectivity index (χ3v) is 4.94. The standard InChI is InChI=1S/C14H17N2O4P/c1-3-5-11-19-14(17)13(16-15)21(18,20-4-2)12-9-7-6-8-10-12/h3,5-10H,4,11H2,1-2H3/b5-3+. The van der Waals surface area contributed by atoms with Crippen LogP contribution in [0.5, 0.6) is 0 Å². The van der Waals surface area contributed by atoms with E-state index in [0.717, 1.165) is 0 Å². The Labute approximate surface area is 123 Å². The molecule has 112 valence electrons. The Morgan fingerprint density at radius 1 is 1.38 bits per heavy atom. The van der Waals surface area contributed by atoms with Gasteiger partial charge in [0.05, 0.1) is 6.61 Å². The van der Waals surface area contributed by atoms with E-state index in [1.807, 2.05) is 0 Å². The second-order valence-corrected chi connectivity index (χ2v) is 6.20. The predicted octanol–water partition coefficient (Wildman–Crippen LogP) is 2.37. The maximum absolute atomic E-state index is 13.0. The molecular formula is C14H17N2O4P. The van der Waals surface area contributed by atoms with Crippen LogP contribution in [0, 0.1) is 0 Å². The summed E-state index contributed by atoms with van der Waals surface area (Å²) < 4.78 is 23.1. The van der Waals surface area contributed by atoms with Crippen molar-refractivity contribution in [2.45, 2.75) is 13.8 Å². The fraction of sp³-hybridized carbons (Fsp3) is 0.286. The van der Waals surface area contributed by atoms with Crippen molar-refractivity contribution in [2.75, 3.05) is 13.2 Å². The Morgan fingerprint density at radius 3 is 2.57 bits per heavy atom. The zero-order chi connectivity index (χ0) is 15.7. The molecule has 1 atom stereocenters. The molecule has 0 aromatic heterocycles. The van der Waals surface area contributed by atoms with Crippen molar-refractivity contribution in [3.63, 3.8) is 0 Å². The first-order valence-corrected chi connectivity index (χ1v) is 8.03. The number of benzene rings is 1. The summed E-state index contributed by atoms with van der Waals surface area (Å²) in [5, 5.41) is 0.266. The van der Waals surface area contributed by atoms with E-state index in [9.17, 15) is 9.36 Å². The predicted molar refractivity (Wildman–Crippen MR) is 79.7 cm³/mol. The van der Waals surface area contributed by atoms with Crippen LogP contribution in [0.1, 0.15) is 13.8 Å². The summed E-state index contributed by atoms with van der Waals surface area (Å²) in [7, 11) is -3.79. The molecule has 0 bridgehead atoms. The average molecular weight is 308 g/mol. The van der Waals surface area contributed by atoms with Crippen LogP contribution in [0.4, 0.5) is 0 Å². The van der Waals surface area contributed by atoms with Crippen molar-refractivity contribution in [2.24, 2.45) is 0 Å². The first-order chi connectivity index (χ1) is 10.1. The normalized spacial score (nSPS) is 13.4. The van der Waals surface area contributed by atoms with Gasteiger partial charge in [0.2, 0.25) is 0 Å². The van der Waals surface area contributed by atoms with Gasteiger partial charge in [-0.25, -0.2) is 4.79 Å². The van der Waals surface area contributed by atoms with Crippen LogP contribution in [0.15, 0.2) is 42.5 Å². The molecule has 0 aliphatic rings. The van der Waals surface area contributed by atoms with E-state index >= 15 is 0 Å². The molecule has 0 fully saturated rings. The smallest absolute Gasteiger partial charge is 0.452 e. The van der Waals surface area contributed by atoms with Crippen molar-refractivity contribution in [3.8, 4) is 0 Å². The zero-order valence-corrected chi connectivity index (χ0v) is 12.8. The van der Waals surface area contributed by atoms with E-state index < -0.39 is 18.8 Å². The first kappa shape index (κ1) is 17.1. The summed E-state index contributed by atoms with van der Waals surface area (Å²) in [4.78, 5) is 14.8. The molecule has 0 spiro atoms. The summed E-state index contributed by atoms with van der Waals surface area (Å²) in [6.07, 6.45) is 3.30. The van der Waals surface area contributed by atoms with Crippen molar-refractivity contribution in [1.82, 2.24) is 0 Å². The summed E-state index contributed by atoms with van der Waals surface area (Å²) in [5.41, 5.74) is 8.47. The highest BCUT2D eigenvalue weighted by atomic mass is 31.2. The van der Waals surface area contributed by atoms with Gasteiger partial charge in [0.1, 0.15) is 6.61 Å². The molecule has 1 aromatic rings. The van der Waals surface area contributed by atoms with E-state index in [1.54, 1.807) is 56.3 Å². The molecule has 1 unspecified atom stereocenters. The molecule has 0 radical (unpaired) electrons. The van der Waals surface area contributed by atoms with Gasteiger partial charge >= 0.3 is 18.8 Å². The van der Waals surface area contributed by atoms with Gasteiger partial charge in [-0.2, -0.15) is 4.79 Å². The van der Waals surface area contributed by atoms with Crippen LogP contribution in [0.3, 0.4) is 0 Å². The molecule has 0 aliphatic heterocycles. The lowest BCUT2D eigenvalue weighted by Crippen LogP contribution is -2.25. The lowest BCUT2D eigenvalue weighted by Gasteiger charge is -2.12. The molecular weight excluding hydrogens is 291 g/mol. The summed E-state index contributed by atoms with van der Waals surface area (Å²) in [6.45, 7) is 3.49. The lowest BCUT2D eigenvalue weighted by atomic mass is 10.4. The van der Waals surface area contributed by atoms with E-state index in [4.69, 9.17) is 14.8 Å². The van der Waals surface area contributed by atoms with Crippen LogP contribution in [0.2, 0.25) is 0 Å². The van der Waals surface area contributed by atoms with Crippen LogP contribution < -0.4 is 5.30 Å². The Morgan fingerprint density at radius 2 is 2.05 bits per heavy atom. The monoisotopic (exact) mass is 308 g/mol. The third kappa shape index (κ3) is 4.23. The molecule has 0 saturated heterocycles. The minimum Gasteiger partial charge on any atom is -0.452 e. The maximum atomic E-state index is 13.0. The Bertz CT molecular complexity index is 607. The quantitative estimate of drug-likeness (QED) is 0.193. The maximum Gasteiger partial charge on any atom is 0.461 e. The molecule has 0 heterocycles. The Kier molecular flexibility index (Phi) is 6.76. The van der Waals surface area contributed by atoms with Gasteiger partial charge in [-0.3, -0.25) is 4.57 Å². The number of ether oxygens (including phenoxy) is 1. The van der Waals surface area contributed by atoms with Crippen molar-refractivity contribution < 1.29 is 23.4 Å². The molecule has 0 aliphatic carbocycles. The van der Waals surface area contributed by atoms with Gasteiger partial charge in [-0.1, -0.05) is 30.4 Å². The van der Waals surface area contributed by atoms with Crippen molar-refractivity contribution in [1.29, 1.82) is 0 Å². The van der Waals surface area contributed by atoms with Crippen LogP contribution in [-0.2, 0) is 18.6 Å². The Hall–Kier alpha value is -2.00. The largest absolute Gasteiger partial charge is 0.461 e. The van der Waals surface area contributed by atoms with Gasteiger partial charge in [-0.05, 0) is 26.0 Å². The van der Waals surface area contributed by atoms with E-state index in [2.05, 4.69) is 4.79 Å². The van der Waals surface area contributed by atoms with Gasteiger partial charge in [-0.15, -0.1) is 0 Å². The fourth-order valence-corrected chi connectivity index (χ4v) is 3.44. The molecule has 1 aromatic carbocycles. The molecule has 21 heavy (non-hydrogen) atoms. The number of carbonyl (C=O) groups is 1. The number of nitrogens with zero attached hydrogens (tertiary/aromatic N) is 2. The first-order valence-electron chi connectivity index (χ1n) is 6.41. The summed E-state index contributed by atoms with van der Waals surface area (Å²) >= 11 is 0. The van der Waals surface area contributed by atoms with Crippen molar-refractivity contribution in [3.05, 3.63) is 48.0 Å². The lowest BCUT2D eigenvalue weighted by molar-refractivity contribution is -0.138. The second kappa shape index (κ2) is 8.32. The van der Waals surface area contributed by atoms with E-state index in [-0.39, 0.29) is 18.5 Å². The van der Waals surface area contributed by atoms with E-state index in [1.165, 1.54) is 0 Å². The second-order valence-electron chi connectivity index (χ2n) is 3.90. The fourth-order valence-electron chi connectivity index (χ4n) is 1.57. The topological polar surface area (TPSA) is 89.0 Å². The number of carbonyl (C=O) groups excluding carboxylic acids is 1. The third-order valence-electron chi connectivity index (χ3n) is 2.51. The molecule has 0 saturated carbocycles. The highest BCUT2D eigenvalue weighted by molar-refractivity contribution is 7.85. The molecule has 7 heteroatoms. The minimum absolute atomic E-state index is 0.00469. The van der Waals surface area contributed by atoms with Crippen molar-refractivity contribution >= 4 is 24.1 Å². The molecule has 0 amide bonds. The van der Waals surface area contributed by atoms with Crippen LogP contribution in [-0.4, -0.2) is 29.4 Å².